The zero-order valence-electron chi connectivity index (χ0n) is 16.8. The number of nitrogen functional groups attached to an aromatic ring is 3. The van der Waals surface area contributed by atoms with Crippen molar-refractivity contribution in [1.82, 2.24) is 15.0 Å². The van der Waals surface area contributed by atoms with Crippen LogP contribution in [0.2, 0.25) is 0 Å². The molecule has 1 heterocycles. The number of unbranched alkanes of at least 4 members (excludes halogenated alkanes) is 12. The van der Waals surface area contributed by atoms with Crippen molar-refractivity contribution in [2.45, 2.75) is 96.8 Å². The minimum absolute atomic E-state index is 0.0417. The Labute approximate surface area is 163 Å². The number of carboxylic acids is 1. The summed E-state index contributed by atoms with van der Waals surface area (Å²) in [5, 5.41) is 8.49. The standard InChI is InChI=1S/C16H32O2.C3H6N6/c1-2-3-4-5-6-7-8-9-10-11-12-13-14-15-16(17)18;4-1-7-2(5)9-3(6)8-1/h2-15H2,1H3,(H,17,18);(H6,4,5,6,7,8,9). The second-order valence-electron chi connectivity index (χ2n) is 6.80. The average Bonchev–Trinajstić information content (AvgIpc) is 2.58. The van der Waals surface area contributed by atoms with E-state index in [1.54, 1.807) is 0 Å². The van der Waals surface area contributed by atoms with E-state index in [2.05, 4.69) is 21.9 Å². The Morgan fingerprint density at radius 1 is 0.667 bits per heavy atom. The van der Waals surface area contributed by atoms with Gasteiger partial charge >= 0.3 is 5.97 Å². The Morgan fingerprint density at radius 3 is 1.26 bits per heavy atom. The van der Waals surface area contributed by atoms with Gasteiger partial charge in [-0.3, -0.25) is 4.79 Å². The van der Waals surface area contributed by atoms with Crippen LogP contribution in [0.15, 0.2) is 0 Å². The zero-order valence-corrected chi connectivity index (χ0v) is 16.8. The van der Waals surface area contributed by atoms with Gasteiger partial charge in [0.15, 0.2) is 0 Å². The van der Waals surface area contributed by atoms with Gasteiger partial charge in [0.25, 0.3) is 0 Å². The van der Waals surface area contributed by atoms with Gasteiger partial charge in [-0.1, -0.05) is 84.0 Å². The summed E-state index contributed by atoms with van der Waals surface area (Å²) >= 11 is 0. The molecule has 0 radical (unpaired) electrons. The lowest BCUT2D eigenvalue weighted by atomic mass is 10.0. The van der Waals surface area contributed by atoms with Gasteiger partial charge in [0.05, 0.1) is 0 Å². The number of aliphatic carboxylic acids is 1. The molecular formula is C19H38N6O2. The molecule has 1 rings (SSSR count). The van der Waals surface area contributed by atoms with Crippen LogP contribution in [0, 0.1) is 0 Å². The molecule has 0 amide bonds. The Hall–Kier alpha value is -2.12. The molecule has 0 aliphatic heterocycles. The van der Waals surface area contributed by atoms with Gasteiger partial charge in [-0.25, -0.2) is 0 Å². The summed E-state index contributed by atoms with van der Waals surface area (Å²) in [6.07, 6.45) is 17.3. The lowest BCUT2D eigenvalue weighted by Crippen LogP contribution is -2.05. The van der Waals surface area contributed by atoms with E-state index >= 15 is 0 Å². The molecule has 1 aromatic rings. The smallest absolute Gasteiger partial charge is 0.303 e. The maximum absolute atomic E-state index is 10.3. The number of carbonyl (C=O) groups is 1. The highest BCUT2D eigenvalue weighted by Gasteiger charge is 1.97. The third-order valence-corrected chi connectivity index (χ3v) is 4.18. The zero-order chi connectivity index (χ0) is 20.3. The summed E-state index contributed by atoms with van der Waals surface area (Å²) in [4.78, 5) is 20.8. The van der Waals surface area contributed by atoms with Crippen molar-refractivity contribution in [3.63, 3.8) is 0 Å². The SMILES string of the molecule is CCCCCCCCCCCCCCCC(=O)O.Nc1nc(N)nc(N)n1. The molecule has 156 valence electrons. The molecule has 0 bridgehead atoms. The van der Waals surface area contributed by atoms with E-state index in [4.69, 9.17) is 22.3 Å². The molecule has 8 nitrogen and oxygen atoms in total. The van der Waals surface area contributed by atoms with Crippen LogP contribution < -0.4 is 17.2 Å². The molecular weight excluding hydrogens is 344 g/mol. The maximum atomic E-state index is 10.3. The van der Waals surface area contributed by atoms with Crippen molar-refractivity contribution in [2.75, 3.05) is 17.2 Å². The van der Waals surface area contributed by atoms with Crippen LogP contribution in [0.3, 0.4) is 0 Å². The van der Waals surface area contributed by atoms with Crippen LogP contribution in [-0.2, 0) is 4.79 Å². The van der Waals surface area contributed by atoms with Crippen molar-refractivity contribution < 1.29 is 9.90 Å². The topological polar surface area (TPSA) is 154 Å². The number of hydrogen-bond acceptors (Lipinski definition) is 7. The van der Waals surface area contributed by atoms with Crippen molar-refractivity contribution in [2.24, 2.45) is 0 Å². The van der Waals surface area contributed by atoms with Gasteiger partial charge in [0.2, 0.25) is 17.8 Å². The predicted molar refractivity (Wildman–Crippen MR) is 111 cm³/mol. The molecule has 0 aliphatic carbocycles. The van der Waals surface area contributed by atoms with Gasteiger partial charge in [-0.15, -0.1) is 0 Å². The van der Waals surface area contributed by atoms with Gasteiger partial charge in [-0.05, 0) is 6.42 Å². The molecule has 0 fully saturated rings. The second-order valence-corrected chi connectivity index (χ2v) is 6.80. The third kappa shape index (κ3) is 18.5. The van der Waals surface area contributed by atoms with Gasteiger partial charge < -0.3 is 22.3 Å². The van der Waals surface area contributed by atoms with Crippen molar-refractivity contribution in [3.05, 3.63) is 0 Å². The first-order chi connectivity index (χ1) is 13.0. The molecule has 0 aromatic carbocycles. The Bertz CT molecular complexity index is 449. The first-order valence-corrected chi connectivity index (χ1v) is 10.2. The third-order valence-electron chi connectivity index (χ3n) is 4.18. The summed E-state index contributed by atoms with van der Waals surface area (Å²) < 4.78 is 0. The van der Waals surface area contributed by atoms with Crippen LogP contribution >= 0.6 is 0 Å². The molecule has 0 spiro atoms. The fourth-order valence-electron chi connectivity index (χ4n) is 2.72. The second kappa shape index (κ2) is 17.3. The molecule has 1 aromatic heterocycles. The van der Waals surface area contributed by atoms with Crippen LogP contribution in [0.1, 0.15) is 96.8 Å². The lowest BCUT2D eigenvalue weighted by molar-refractivity contribution is -0.137. The highest BCUT2D eigenvalue weighted by molar-refractivity contribution is 5.66. The van der Waals surface area contributed by atoms with Gasteiger partial charge in [-0.2, -0.15) is 15.0 Å². The number of carboxylic acid groups (broad SMARTS) is 1. The number of anilines is 3. The first kappa shape index (κ1) is 24.9. The summed E-state index contributed by atoms with van der Waals surface area (Å²) in [5.74, 6) is -0.530. The van der Waals surface area contributed by atoms with E-state index in [-0.39, 0.29) is 17.8 Å². The van der Waals surface area contributed by atoms with Crippen molar-refractivity contribution in [1.29, 1.82) is 0 Å². The molecule has 0 saturated carbocycles. The molecule has 8 heteroatoms. The summed E-state index contributed by atoms with van der Waals surface area (Å²) in [6, 6.07) is 0. The molecule has 0 atom stereocenters. The number of rotatable bonds is 14. The average molecular weight is 383 g/mol. The van der Waals surface area contributed by atoms with E-state index in [9.17, 15) is 4.79 Å². The van der Waals surface area contributed by atoms with Gasteiger partial charge in [0, 0.05) is 6.42 Å². The number of nitrogens with two attached hydrogens (primary N) is 3. The lowest BCUT2D eigenvalue weighted by Gasteiger charge is -2.02. The quantitative estimate of drug-likeness (QED) is 0.349. The highest BCUT2D eigenvalue weighted by Crippen LogP contribution is 2.12. The fraction of sp³-hybridized carbons (Fsp3) is 0.789. The maximum Gasteiger partial charge on any atom is 0.303 e. The number of aromatic nitrogens is 3. The Morgan fingerprint density at radius 2 is 0.963 bits per heavy atom. The number of hydrogen-bond donors (Lipinski definition) is 4. The summed E-state index contributed by atoms with van der Waals surface area (Å²) in [7, 11) is 0. The van der Waals surface area contributed by atoms with Crippen molar-refractivity contribution in [3.8, 4) is 0 Å². The molecule has 0 unspecified atom stereocenters. The van der Waals surface area contributed by atoms with Crippen LogP contribution in [-0.4, -0.2) is 26.0 Å². The molecule has 0 aliphatic rings. The first-order valence-electron chi connectivity index (χ1n) is 10.2. The predicted octanol–water partition coefficient (Wildman–Crippen LogP) is 4.17. The van der Waals surface area contributed by atoms with Crippen molar-refractivity contribution >= 4 is 23.8 Å². The molecule has 7 N–H and O–H groups in total. The molecule has 0 saturated heterocycles. The van der Waals surface area contributed by atoms with E-state index in [1.165, 1.54) is 70.6 Å². The summed E-state index contributed by atoms with van der Waals surface area (Å²) in [6.45, 7) is 2.26. The van der Waals surface area contributed by atoms with Crippen LogP contribution in [0.5, 0.6) is 0 Å². The van der Waals surface area contributed by atoms with E-state index in [1.807, 2.05) is 0 Å². The largest absolute Gasteiger partial charge is 0.481 e. The number of nitrogens with zero attached hydrogens (tertiary/aromatic N) is 3. The van der Waals surface area contributed by atoms with Crippen LogP contribution in [0.4, 0.5) is 17.8 Å². The Balaban J connectivity index is 0.000000621. The minimum Gasteiger partial charge on any atom is -0.481 e. The van der Waals surface area contributed by atoms with Crippen LogP contribution in [0.25, 0.3) is 0 Å². The fourth-order valence-corrected chi connectivity index (χ4v) is 2.72. The van der Waals surface area contributed by atoms with Gasteiger partial charge in [0.1, 0.15) is 0 Å². The highest BCUT2D eigenvalue weighted by atomic mass is 16.4. The normalized spacial score (nSPS) is 10.3. The summed E-state index contributed by atoms with van der Waals surface area (Å²) in [5.41, 5.74) is 15.4. The Kier molecular flexibility index (Phi) is 15.9. The van der Waals surface area contributed by atoms with E-state index in [0.717, 1.165) is 12.8 Å². The monoisotopic (exact) mass is 382 g/mol. The van der Waals surface area contributed by atoms with E-state index in [0.29, 0.717) is 6.42 Å². The minimum atomic E-state index is -0.655. The molecule has 27 heavy (non-hydrogen) atoms. The van der Waals surface area contributed by atoms with E-state index < -0.39 is 5.97 Å².